The van der Waals surface area contributed by atoms with Gasteiger partial charge in [0.25, 0.3) is 0 Å². The third-order valence-corrected chi connectivity index (χ3v) is 5.25. The highest BCUT2D eigenvalue weighted by Crippen LogP contribution is 2.53. The molecule has 1 amide bonds. The van der Waals surface area contributed by atoms with E-state index in [9.17, 15) is 4.79 Å². The van der Waals surface area contributed by atoms with Gasteiger partial charge in [0.15, 0.2) is 0 Å². The molecule has 0 aromatic heterocycles. The van der Waals surface area contributed by atoms with Crippen LogP contribution < -0.4 is 10.1 Å². The van der Waals surface area contributed by atoms with Crippen molar-refractivity contribution in [1.82, 2.24) is 5.32 Å². The Labute approximate surface area is 150 Å². The number of carbonyl (C=O) groups is 1. The monoisotopic (exact) mass is 337 g/mol. The summed E-state index contributed by atoms with van der Waals surface area (Å²) in [5.41, 5.74) is 2.51. The summed E-state index contributed by atoms with van der Waals surface area (Å²) < 4.78 is 5.32. The van der Waals surface area contributed by atoms with Gasteiger partial charge >= 0.3 is 0 Å². The molecule has 1 fully saturated rings. The predicted molar refractivity (Wildman–Crippen MR) is 101 cm³/mol. The second-order valence-electron chi connectivity index (χ2n) is 7.06. The average Bonchev–Trinajstić information content (AvgIpc) is 3.46. The molecule has 1 saturated carbocycles. The van der Waals surface area contributed by atoms with Gasteiger partial charge in [0.05, 0.1) is 7.11 Å². The Morgan fingerprint density at radius 2 is 2.00 bits per heavy atom. The predicted octanol–water partition coefficient (Wildman–Crippen LogP) is 4.53. The largest absolute Gasteiger partial charge is 0.497 e. The Balaban J connectivity index is 1.41. The number of hydrogen-bond donors (Lipinski definition) is 1. The van der Waals surface area contributed by atoms with Crippen LogP contribution in [-0.2, 0) is 11.3 Å². The summed E-state index contributed by atoms with van der Waals surface area (Å²) in [4.78, 5) is 12.1. The van der Waals surface area contributed by atoms with Gasteiger partial charge < -0.3 is 10.1 Å². The quantitative estimate of drug-likeness (QED) is 0.768. The van der Waals surface area contributed by atoms with Crippen molar-refractivity contribution in [2.45, 2.75) is 38.6 Å². The van der Waals surface area contributed by atoms with Crippen molar-refractivity contribution >= 4 is 5.91 Å². The van der Waals surface area contributed by atoms with E-state index in [1.807, 2.05) is 36.4 Å². The number of ether oxygens (including phenoxy) is 1. The first-order valence-electron chi connectivity index (χ1n) is 9.12. The van der Waals surface area contributed by atoms with E-state index in [2.05, 4.69) is 30.4 Å². The molecule has 3 atom stereocenters. The molecule has 1 aliphatic rings. The molecule has 3 rings (SSSR count). The van der Waals surface area contributed by atoms with Gasteiger partial charge in [-0.05, 0) is 53.9 Å². The van der Waals surface area contributed by atoms with E-state index in [0.29, 0.717) is 30.7 Å². The molecule has 1 N–H and O–H groups in total. The van der Waals surface area contributed by atoms with Crippen LogP contribution in [0.1, 0.15) is 43.2 Å². The van der Waals surface area contributed by atoms with Crippen LogP contribution in [0, 0.1) is 11.8 Å². The molecule has 2 aromatic carbocycles. The van der Waals surface area contributed by atoms with Crippen LogP contribution in [0.5, 0.6) is 5.75 Å². The van der Waals surface area contributed by atoms with E-state index in [0.717, 1.165) is 17.7 Å². The van der Waals surface area contributed by atoms with Crippen molar-refractivity contribution in [1.29, 1.82) is 0 Å². The zero-order valence-corrected chi connectivity index (χ0v) is 15.1. The topological polar surface area (TPSA) is 38.3 Å². The van der Waals surface area contributed by atoms with Gasteiger partial charge in [-0.15, -0.1) is 0 Å². The minimum absolute atomic E-state index is 0.147. The maximum Gasteiger partial charge on any atom is 0.220 e. The standard InChI is InChI=1S/C22H27NO2/c1-16(11-12-22(24)23-15-17-7-4-3-5-8-17)20-14-21(20)18-9-6-10-19(13-18)25-2/h3-10,13,16,20-21H,11-12,14-15H2,1-2H3,(H,23,24). The number of benzene rings is 2. The fraction of sp³-hybridized carbons (Fsp3) is 0.409. The lowest BCUT2D eigenvalue weighted by Gasteiger charge is -2.12. The number of methoxy groups -OCH3 is 1. The number of rotatable bonds is 8. The Kier molecular flexibility index (Phi) is 5.75. The molecule has 0 radical (unpaired) electrons. The molecule has 0 bridgehead atoms. The number of nitrogens with one attached hydrogen (secondary N) is 1. The van der Waals surface area contributed by atoms with Crippen molar-refractivity contribution in [2.24, 2.45) is 11.8 Å². The highest BCUT2D eigenvalue weighted by molar-refractivity contribution is 5.75. The van der Waals surface area contributed by atoms with Gasteiger partial charge in [-0.2, -0.15) is 0 Å². The van der Waals surface area contributed by atoms with Crippen LogP contribution >= 0.6 is 0 Å². The molecule has 25 heavy (non-hydrogen) atoms. The van der Waals surface area contributed by atoms with Gasteiger partial charge in [0.2, 0.25) is 5.91 Å². The van der Waals surface area contributed by atoms with Crippen LogP contribution in [0.25, 0.3) is 0 Å². The van der Waals surface area contributed by atoms with E-state index in [1.165, 1.54) is 12.0 Å². The van der Waals surface area contributed by atoms with Crippen molar-refractivity contribution < 1.29 is 9.53 Å². The maximum atomic E-state index is 12.1. The highest BCUT2D eigenvalue weighted by Gasteiger charge is 2.41. The van der Waals surface area contributed by atoms with Crippen LogP contribution in [0.3, 0.4) is 0 Å². The SMILES string of the molecule is COc1cccc(C2CC2C(C)CCC(=O)NCc2ccccc2)c1. The third kappa shape index (κ3) is 4.85. The van der Waals surface area contributed by atoms with E-state index >= 15 is 0 Å². The molecule has 1 aliphatic carbocycles. The van der Waals surface area contributed by atoms with Gasteiger partial charge in [0.1, 0.15) is 5.75 Å². The number of carbonyl (C=O) groups excluding carboxylic acids is 1. The Bertz CT molecular complexity index is 698. The smallest absolute Gasteiger partial charge is 0.220 e. The van der Waals surface area contributed by atoms with Crippen molar-refractivity contribution in [2.75, 3.05) is 7.11 Å². The minimum Gasteiger partial charge on any atom is -0.497 e. The van der Waals surface area contributed by atoms with Crippen LogP contribution in [0.4, 0.5) is 0 Å². The lowest BCUT2D eigenvalue weighted by atomic mass is 9.96. The molecule has 3 unspecified atom stereocenters. The molecule has 3 nitrogen and oxygen atoms in total. The van der Waals surface area contributed by atoms with Crippen LogP contribution in [-0.4, -0.2) is 13.0 Å². The van der Waals surface area contributed by atoms with Gasteiger partial charge in [-0.1, -0.05) is 49.4 Å². The van der Waals surface area contributed by atoms with Gasteiger partial charge in [-0.25, -0.2) is 0 Å². The number of amides is 1. The molecular formula is C22H27NO2. The maximum absolute atomic E-state index is 12.1. The molecule has 2 aromatic rings. The summed E-state index contributed by atoms with van der Waals surface area (Å²) in [5, 5.41) is 3.02. The third-order valence-electron chi connectivity index (χ3n) is 5.25. The Hall–Kier alpha value is -2.29. The summed E-state index contributed by atoms with van der Waals surface area (Å²) in [6, 6.07) is 18.4. The highest BCUT2D eigenvalue weighted by atomic mass is 16.5. The first-order chi connectivity index (χ1) is 12.2. The Morgan fingerprint density at radius 1 is 1.20 bits per heavy atom. The molecule has 0 heterocycles. The van der Waals surface area contributed by atoms with E-state index in [-0.39, 0.29) is 5.91 Å². The molecule has 132 valence electrons. The summed E-state index contributed by atoms with van der Waals surface area (Å²) in [5.74, 6) is 2.95. The average molecular weight is 337 g/mol. The fourth-order valence-electron chi connectivity index (χ4n) is 3.56. The van der Waals surface area contributed by atoms with Gasteiger partial charge in [0, 0.05) is 13.0 Å². The minimum atomic E-state index is 0.147. The first kappa shape index (κ1) is 17.5. The summed E-state index contributed by atoms with van der Waals surface area (Å²) in [6.45, 7) is 2.89. The van der Waals surface area contributed by atoms with Crippen LogP contribution in [0.15, 0.2) is 54.6 Å². The second kappa shape index (κ2) is 8.19. The normalized spacial score (nSPS) is 19.9. The van der Waals surface area contributed by atoms with Crippen molar-refractivity contribution in [3.8, 4) is 5.75 Å². The second-order valence-corrected chi connectivity index (χ2v) is 7.06. The zero-order valence-electron chi connectivity index (χ0n) is 15.1. The molecule has 0 aliphatic heterocycles. The summed E-state index contributed by atoms with van der Waals surface area (Å²) in [6.07, 6.45) is 2.78. The van der Waals surface area contributed by atoms with Crippen LogP contribution in [0.2, 0.25) is 0 Å². The molecule has 3 heteroatoms. The zero-order chi connectivity index (χ0) is 17.6. The summed E-state index contributed by atoms with van der Waals surface area (Å²) in [7, 11) is 1.71. The lowest BCUT2D eigenvalue weighted by molar-refractivity contribution is -0.121. The van der Waals surface area contributed by atoms with E-state index in [1.54, 1.807) is 7.11 Å². The molecule has 0 spiro atoms. The van der Waals surface area contributed by atoms with Gasteiger partial charge in [-0.3, -0.25) is 4.79 Å². The fourth-order valence-corrected chi connectivity index (χ4v) is 3.56. The van der Waals surface area contributed by atoms with Crippen molar-refractivity contribution in [3.63, 3.8) is 0 Å². The van der Waals surface area contributed by atoms with E-state index < -0.39 is 0 Å². The Morgan fingerprint density at radius 3 is 2.76 bits per heavy atom. The first-order valence-corrected chi connectivity index (χ1v) is 9.12. The summed E-state index contributed by atoms with van der Waals surface area (Å²) >= 11 is 0. The van der Waals surface area contributed by atoms with E-state index in [4.69, 9.17) is 4.74 Å². The molecular weight excluding hydrogens is 310 g/mol. The van der Waals surface area contributed by atoms with Crippen molar-refractivity contribution in [3.05, 3.63) is 65.7 Å². The lowest BCUT2D eigenvalue weighted by Crippen LogP contribution is -2.23. The number of hydrogen-bond acceptors (Lipinski definition) is 2. The molecule has 0 saturated heterocycles.